The molecular formula is C22H15Cl2N3O3S2. The Morgan fingerprint density at radius 1 is 0.938 bits per heavy atom. The topological polar surface area (TPSA) is 92.8 Å². The quantitative estimate of drug-likeness (QED) is 0.479. The molecule has 0 bridgehead atoms. The van der Waals surface area contributed by atoms with E-state index in [9.17, 15) is 13.2 Å². The lowest BCUT2D eigenvalue weighted by atomic mass is 10.2. The Kier molecular flexibility index (Phi) is 6.41. The van der Waals surface area contributed by atoms with Gasteiger partial charge in [-0.25, -0.2) is 18.5 Å². The maximum Gasteiger partial charge on any atom is 0.271 e. The lowest BCUT2D eigenvalue weighted by Crippen LogP contribution is -2.28. The van der Waals surface area contributed by atoms with Gasteiger partial charge in [0, 0.05) is 0 Å². The second kappa shape index (κ2) is 9.09. The van der Waals surface area contributed by atoms with E-state index in [1.165, 1.54) is 40.9 Å². The first-order valence-corrected chi connectivity index (χ1v) is 12.3. The third-order valence-electron chi connectivity index (χ3n) is 4.45. The number of primary sulfonamides is 1. The van der Waals surface area contributed by atoms with Crippen molar-refractivity contribution in [3.05, 3.63) is 93.3 Å². The van der Waals surface area contributed by atoms with Crippen LogP contribution in [-0.4, -0.2) is 19.5 Å². The maximum atomic E-state index is 13.2. The lowest BCUT2D eigenvalue weighted by Gasteiger charge is -2.15. The lowest BCUT2D eigenvalue weighted by molar-refractivity contribution is -0.113. The number of sulfonamides is 1. The standard InChI is InChI=1S/C22H15Cl2N3O3S2/c23-18-11-6-14(12-19(18)24)13-20-21(28)27(16-4-2-1-3-5-16)22(31-20)26-15-7-9-17(10-8-15)32(25,29)30/h1-13H,(H2,25,29,30)/b20-13?,26-22-. The second-order valence-electron chi connectivity index (χ2n) is 6.69. The summed E-state index contributed by atoms with van der Waals surface area (Å²) in [6.45, 7) is 0. The van der Waals surface area contributed by atoms with Crippen LogP contribution in [0.25, 0.3) is 6.08 Å². The molecule has 32 heavy (non-hydrogen) atoms. The number of benzene rings is 3. The highest BCUT2D eigenvalue weighted by molar-refractivity contribution is 8.19. The molecule has 1 heterocycles. The van der Waals surface area contributed by atoms with Gasteiger partial charge in [0.15, 0.2) is 5.17 Å². The van der Waals surface area contributed by atoms with Crippen LogP contribution in [-0.2, 0) is 14.8 Å². The summed E-state index contributed by atoms with van der Waals surface area (Å²) in [6.07, 6.45) is 1.72. The van der Waals surface area contributed by atoms with Gasteiger partial charge in [-0.05, 0) is 71.9 Å². The van der Waals surface area contributed by atoms with Crippen molar-refractivity contribution in [3.63, 3.8) is 0 Å². The van der Waals surface area contributed by atoms with Crippen LogP contribution < -0.4 is 10.0 Å². The minimum Gasteiger partial charge on any atom is -0.268 e. The number of anilines is 1. The SMILES string of the molecule is NS(=O)(=O)c1ccc(/N=C2\SC(=Cc3ccc(Cl)c(Cl)c3)C(=O)N2c2ccccc2)cc1. The highest BCUT2D eigenvalue weighted by atomic mass is 35.5. The van der Waals surface area contributed by atoms with Crippen LogP contribution >= 0.6 is 35.0 Å². The summed E-state index contributed by atoms with van der Waals surface area (Å²) >= 11 is 13.3. The number of nitrogens with zero attached hydrogens (tertiary/aromatic N) is 2. The molecule has 1 fully saturated rings. The van der Waals surface area contributed by atoms with Crippen molar-refractivity contribution in [1.29, 1.82) is 0 Å². The zero-order chi connectivity index (χ0) is 22.9. The summed E-state index contributed by atoms with van der Waals surface area (Å²) in [6, 6.07) is 20.0. The number of hydrogen-bond donors (Lipinski definition) is 1. The van der Waals surface area contributed by atoms with E-state index < -0.39 is 10.0 Å². The number of hydrogen-bond acceptors (Lipinski definition) is 5. The Morgan fingerprint density at radius 2 is 1.62 bits per heavy atom. The summed E-state index contributed by atoms with van der Waals surface area (Å²) in [5, 5.41) is 6.39. The van der Waals surface area contributed by atoms with E-state index in [-0.39, 0.29) is 10.8 Å². The van der Waals surface area contributed by atoms with Crippen molar-refractivity contribution in [3.8, 4) is 0 Å². The van der Waals surface area contributed by atoms with Crippen molar-refractivity contribution in [2.45, 2.75) is 4.90 Å². The van der Waals surface area contributed by atoms with Crippen LogP contribution in [0.2, 0.25) is 10.0 Å². The summed E-state index contributed by atoms with van der Waals surface area (Å²) < 4.78 is 23.0. The van der Waals surface area contributed by atoms with Crippen LogP contribution in [0.5, 0.6) is 0 Å². The molecule has 0 radical (unpaired) electrons. The summed E-state index contributed by atoms with van der Waals surface area (Å²) in [5.74, 6) is -0.243. The van der Waals surface area contributed by atoms with Gasteiger partial charge in [-0.1, -0.05) is 47.5 Å². The van der Waals surface area contributed by atoms with Crippen molar-refractivity contribution in [1.82, 2.24) is 0 Å². The van der Waals surface area contributed by atoms with Crippen LogP contribution in [0.3, 0.4) is 0 Å². The van der Waals surface area contributed by atoms with Gasteiger partial charge < -0.3 is 0 Å². The number of nitrogens with two attached hydrogens (primary N) is 1. The first-order valence-electron chi connectivity index (χ1n) is 9.18. The maximum absolute atomic E-state index is 13.2. The zero-order valence-electron chi connectivity index (χ0n) is 16.3. The first-order chi connectivity index (χ1) is 15.2. The molecule has 0 saturated carbocycles. The number of aliphatic imine (C=N–C) groups is 1. The van der Waals surface area contributed by atoms with Crippen molar-refractivity contribution in [2.75, 3.05) is 4.90 Å². The monoisotopic (exact) mass is 503 g/mol. The third kappa shape index (κ3) is 4.90. The molecule has 0 aromatic heterocycles. The average Bonchev–Trinajstić information content (AvgIpc) is 3.05. The van der Waals surface area contributed by atoms with Gasteiger partial charge in [0.1, 0.15) is 0 Å². The molecule has 2 N–H and O–H groups in total. The highest BCUT2D eigenvalue weighted by Gasteiger charge is 2.34. The fraction of sp³-hybridized carbons (Fsp3) is 0. The van der Waals surface area contributed by atoms with E-state index in [0.717, 1.165) is 5.56 Å². The van der Waals surface area contributed by atoms with Crippen molar-refractivity contribution in [2.24, 2.45) is 10.1 Å². The van der Waals surface area contributed by atoms with E-state index in [1.807, 2.05) is 18.2 Å². The van der Waals surface area contributed by atoms with Gasteiger partial charge in [0.05, 0.1) is 31.2 Å². The van der Waals surface area contributed by atoms with Crippen LogP contribution in [0.15, 0.2) is 87.6 Å². The Hall–Kier alpha value is -2.62. The fourth-order valence-corrected chi connectivity index (χ4v) is 4.75. The molecular weight excluding hydrogens is 489 g/mol. The molecule has 10 heteroatoms. The number of rotatable bonds is 4. The predicted molar refractivity (Wildman–Crippen MR) is 131 cm³/mol. The third-order valence-corrected chi connectivity index (χ3v) is 7.09. The molecule has 4 rings (SSSR count). The number of amides is 1. The Balaban J connectivity index is 1.75. The minimum atomic E-state index is -3.81. The second-order valence-corrected chi connectivity index (χ2v) is 10.1. The molecule has 6 nitrogen and oxygen atoms in total. The number of carbonyl (C=O) groups is 1. The van der Waals surface area contributed by atoms with Gasteiger partial charge in [0.25, 0.3) is 5.91 Å². The number of carbonyl (C=O) groups excluding carboxylic acids is 1. The van der Waals surface area contributed by atoms with Gasteiger partial charge in [0.2, 0.25) is 10.0 Å². The van der Waals surface area contributed by atoms with E-state index in [2.05, 4.69) is 4.99 Å². The largest absolute Gasteiger partial charge is 0.271 e. The highest BCUT2D eigenvalue weighted by Crippen LogP contribution is 2.37. The molecule has 3 aromatic carbocycles. The van der Waals surface area contributed by atoms with Gasteiger partial charge in [-0.3, -0.25) is 9.69 Å². The molecule has 1 aliphatic heterocycles. The van der Waals surface area contributed by atoms with Gasteiger partial charge in [-0.2, -0.15) is 0 Å². The number of amidine groups is 1. The van der Waals surface area contributed by atoms with E-state index in [1.54, 1.807) is 36.4 Å². The van der Waals surface area contributed by atoms with Crippen molar-refractivity contribution < 1.29 is 13.2 Å². The Bertz CT molecular complexity index is 1360. The Labute approximate surface area is 199 Å². The average molecular weight is 504 g/mol. The molecule has 1 aliphatic rings. The molecule has 1 saturated heterocycles. The molecule has 162 valence electrons. The fourth-order valence-electron chi connectivity index (χ4n) is 2.93. The van der Waals surface area contributed by atoms with Crippen LogP contribution in [0, 0.1) is 0 Å². The van der Waals surface area contributed by atoms with Crippen LogP contribution in [0.1, 0.15) is 5.56 Å². The van der Waals surface area contributed by atoms with E-state index >= 15 is 0 Å². The first kappa shape index (κ1) is 22.6. The molecule has 0 spiro atoms. The number of halogens is 2. The smallest absolute Gasteiger partial charge is 0.268 e. The molecule has 3 aromatic rings. The van der Waals surface area contributed by atoms with Gasteiger partial charge >= 0.3 is 0 Å². The predicted octanol–water partition coefficient (Wildman–Crippen LogP) is 5.45. The Morgan fingerprint density at radius 3 is 2.25 bits per heavy atom. The normalized spacial score (nSPS) is 16.8. The van der Waals surface area contributed by atoms with Crippen molar-refractivity contribution >= 4 is 73.5 Å². The molecule has 0 aliphatic carbocycles. The van der Waals surface area contributed by atoms with Crippen LogP contribution in [0.4, 0.5) is 11.4 Å². The zero-order valence-corrected chi connectivity index (χ0v) is 19.4. The molecule has 0 unspecified atom stereocenters. The number of thioether (sulfide) groups is 1. The summed E-state index contributed by atoms with van der Waals surface area (Å²) in [5.41, 5.74) is 1.86. The van der Waals surface area contributed by atoms with E-state index in [4.69, 9.17) is 28.3 Å². The van der Waals surface area contributed by atoms with Gasteiger partial charge in [-0.15, -0.1) is 0 Å². The molecule has 1 amide bonds. The molecule has 0 atom stereocenters. The number of para-hydroxylation sites is 1. The summed E-state index contributed by atoms with van der Waals surface area (Å²) in [7, 11) is -3.81. The van der Waals surface area contributed by atoms with E-state index in [0.29, 0.717) is 31.5 Å². The summed E-state index contributed by atoms with van der Waals surface area (Å²) in [4.78, 5) is 19.8. The minimum absolute atomic E-state index is 0.0169.